The van der Waals surface area contributed by atoms with E-state index in [-0.39, 0.29) is 5.78 Å². The van der Waals surface area contributed by atoms with Crippen LogP contribution in [0.5, 0.6) is 0 Å². The van der Waals surface area contributed by atoms with Crippen LogP contribution in [-0.4, -0.2) is 5.78 Å². The lowest BCUT2D eigenvalue weighted by atomic mass is 9.87. The quantitative estimate of drug-likeness (QED) is 0.550. The summed E-state index contributed by atoms with van der Waals surface area (Å²) in [5, 5.41) is 0. The Hall–Kier alpha value is -1.37. The lowest BCUT2D eigenvalue weighted by molar-refractivity contribution is 0.102. The maximum absolute atomic E-state index is 11.8. The van der Waals surface area contributed by atoms with Gasteiger partial charge in [0.05, 0.1) is 0 Å². The number of rotatable bonds is 0. The fourth-order valence-electron chi connectivity index (χ4n) is 1.79. The largest absolute Gasteiger partial charge is 0.289 e. The summed E-state index contributed by atoms with van der Waals surface area (Å²) in [6.07, 6.45) is 3.83. The van der Waals surface area contributed by atoms with Gasteiger partial charge in [-0.15, -0.1) is 0 Å². The maximum Gasteiger partial charge on any atom is 0.188 e. The first-order valence-electron chi connectivity index (χ1n) is 4.60. The molecular formula is C12H12O. The van der Waals surface area contributed by atoms with Crippen molar-refractivity contribution in [2.75, 3.05) is 0 Å². The first-order valence-corrected chi connectivity index (χ1v) is 4.60. The van der Waals surface area contributed by atoms with Gasteiger partial charge in [0.25, 0.3) is 0 Å². The molecule has 1 aliphatic carbocycles. The highest BCUT2D eigenvalue weighted by atomic mass is 16.1. The summed E-state index contributed by atoms with van der Waals surface area (Å²) in [5.41, 5.74) is 3.04. The molecule has 0 unspecified atom stereocenters. The van der Waals surface area contributed by atoms with E-state index in [1.807, 2.05) is 37.3 Å². The van der Waals surface area contributed by atoms with E-state index in [2.05, 4.69) is 0 Å². The zero-order chi connectivity index (χ0) is 9.26. The fraction of sp³-hybridized carbons (Fsp3) is 0.250. The molecule has 0 amide bonds. The van der Waals surface area contributed by atoms with Gasteiger partial charge >= 0.3 is 0 Å². The van der Waals surface area contributed by atoms with Gasteiger partial charge in [-0.1, -0.05) is 30.3 Å². The fourth-order valence-corrected chi connectivity index (χ4v) is 1.79. The predicted octanol–water partition coefficient (Wildman–Crippen LogP) is 2.76. The molecule has 1 aliphatic rings. The standard InChI is InChI=1S/C12H12O/c1-2-9-7-8-10-5-3-4-6-11(10)12(9)13/h2-6H,7-8H2,1H3. The van der Waals surface area contributed by atoms with Crippen LogP contribution < -0.4 is 0 Å². The second-order valence-electron chi connectivity index (χ2n) is 3.30. The van der Waals surface area contributed by atoms with E-state index in [1.165, 1.54) is 5.56 Å². The van der Waals surface area contributed by atoms with Gasteiger partial charge in [0.2, 0.25) is 0 Å². The van der Waals surface area contributed by atoms with Crippen molar-refractivity contribution in [2.24, 2.45) is 0 Å². The van der Waals surface area contributed by atoms with Gasteiger partial charge in [-0.25, -0.2) is 0 Å². The number of carbonyl (C=O) groups is 1. The highest BCUT2D eigenvalue weighted by Gasteiger charge is 2.19. The molecule has 0 heterocycles. The molecule has 66 valence electrons. The van der Waals surface area contributed by atoms with Crippen LogP contribution in [0.15, 0.2) is 35.9 Å². The second-order valence-corrected chi connectivity index (χ2v) is 3.30. The number of allylic oxidation sites excluding steroid dienone is 2. The normalized spacial score (nSPS) is 18.8. The molecule has 0 saturated carbocycles. The molecule has 0 aromatic heterocycles. The zero-order valence-electron chi connectivity index (χ0n) is 7.71. The molecule has 0 spiro atoms. The number of benzene rings is 1. The lowest BCUT2D eigenvalue weighted by Crippen LogP contribution is -2.13. The smallest absolute Gasteiger partial charge is 0.188 e. The van der Waals surface area contributed by atoms with E-state index >= 15 is 0 Å². The minimum atomic E-state index is 0.212. The van der Waals surface area contributed by atoms with Gasteiger partial charge < -0.3 is 0 Å². The Morgan fingerprint density at radius 3 is 2.77 bits per heavy atom. The summed E-state index contributed by atoms with van der Waals surface area (Å²) in [5.74, 6) is 0.212. The molecule has 0 atom stereocenters. The highest BCUT2D eigenvalue weighted by molar-refractivity contribution is 6.10. The van der Waals surface area contributed by atoms with Gasteiger partial charge in [0.15, 0.2) is 5.78 Å². The van der Waals surface area contributed by atoms with Crippen LogP contribution in [0.4, 0.5) is 0 Å². The van der Waals surface area contributed by atoms with Crippen LogP contribution in [0.25, 0.3) is 0 Å². The maximum atomic E-state index is 11.8. The van der Waals surface area contributed by atoms with Crippen molar-refractivity contribution >= 4 is 5.78 Å². The number of ketones is 1. The third kappa shape index (κ3) is 1.31. The van der Waals surface area contributed by atoms with Crippen molar-refractivity contribution in [2.45, 2.75) is 19.8 Å². The van der Waals surface area contributed by atoms with E-state index in [0.717, 1.165) is 24.0 Å². The third-order valence-electron chi connectivity index (χ3n) is 2.57. The Balaban J connectivity index is 2.51. The van der Waals surface area contributed by atoms with Crippen molar-refractivity contribution in [3.63, 3.8) is 0 Å². The van der Waals surface area contributed by atoms with Crippen LogP contribution in [0.1, 0.15) is 29.3 Å². The van der Waals surface area contributed by atoms with Gasteiger partial charge in [0.1, 0.15) is 0 Å². The highest BCUT2D eigenvalue weighted by Crippen LogP contribution is 2.24. The molecule has 0 N–H and O–H groups in total. The molecule has 1 nitrogen and oxygen atoms in total. The molecule has 1 aromatic carbocycles. The first kappa shape index (κ1) is 8.24. The summed E-state index contributed by atoms with van der Waals surface area (Å²) in [6.45, 7) is 1.93. The SMILES string of the molecule is CC=C1CCc2ccccc2C1=O. The summed E-state index contributed by atoms with van der Waals surface area (Å²) >= 11 is 0. The van der Waals surface area contributed by atoms with Crippen molar-refractivity contribution in [3.8, 4) is 0 Å². The van der Waals surface area contributed by atoms with Crippen LogP contribution in [-0.2, 0) is 6.42 Å². The number of hydrogen-bond acceptors (Lipinski definition) is 1. The predicted molar refractivity (Wildman–Crippen MR) is 52.9 cm³/mol. The summed E-state index contributed by atoms with van der Waals surface area (Å²) in [4.78, 5) is 11.8. The first-order chi connectivity index (χ1) is 6.33. The van der Waals surface area contributed by atoms with Crippen molar-refractivity contribution in [1.29, 1.82) is 0 Å². The van der Waals surface area contributed by atoms with Gasteiger partial charge in [-0.05, 0) is 30.9 Å². The summed E-state index contributed by atoms with van der Waals surface area (Å²) in [6, 6.07) is 7.88. The second kappa shape index (κ2) is 3.17. The van der Waals surface area contributed by atoms with E-state index in [9.17, 15) is 4.79 Å². The Labute approximate surface area is 78.1 Å². The zero-order valence-corrected chi connectivity index (χ0v) is 7.71. The molecule has 0 bridgehead atoms. The molecule has 0 saturated heterocycles. The minimum absolute atomic E-state index is 0.212. The molecule has 13 heavy (non-hydrogen) atoms. The van der Waals surface area contributed by atoms with Gasteiger partial charge in [-0.3, -0.25) is 4.79 Å². The topological polar surface area (TPSA) is 17.1 Å². The van der Waals surface area contributed by atoms with Crippen molar-refractivity contribution in [3.05, 3.63) is 47.0 Å². The molecule has 1 aromatic rings. The average Bonchev–Trinajstić information content (AvgIpc) is 2.19. The number of Topliss-reactive ketones (excluding diaryl/α,β-unsaturated/α-hetero) is 1. The van der Waals surface area contributed by atoms with E-state index in [0.29, 0.717) is 0 Å². The van der Waals surface area contributed by atoms with Crippen molar-refractivity contribution in [1.82, 2.24) is 0 Å². The molecule has 0 radical (unpaired) electrons. The van der Waals surface area contributed by atoms with Crippen LogP contribution in [0.2, 0.25) is 0 Å². The Kier molecular flexibility index (Phi) is 2.01. The summed E-state index contributed by atoms with van der Waals surface area (Å²) < 4.78 is 0. The number of aryl methyl sites for hydroxylation is 1. The van der Waals surface area contributed by atoms with E-state index < -0.39 is 0 Å². The summed E-state index contributed by atoms with van der Waals surface area (Å²) in [7, 11) is 0. The number of fused-ring (bicyclic) bond motifs is 1. The average molecular weight is 172 g/mol. The van der Waals surface area contributed by atoms with Gasteiger partial charge in [0, 0.05) is 5.56 Å². The number of carbonyl (C=O) groups excluding carboxylic acids is 1. The van der Waals surface area contributed by atoms with Crippen LogP contribution >= 0.6 is 0 Å². The van der Waals surface area contributed by atoms with E-state index in [4.69, 9.17) is 0 Å². The lowest BCUT2D eigenvalue weighted by Gasteiger charge is -2.16. The third-order valence-corrected chi connectivity index (χ3v) is 2.57. The van der Waals surface area contributed by atoms with Crippen molar-refractivity contribution < 1.29 is 4.79 Å². The molecular weight excluding hydrogens is 160 g/mol. The monoisotopic (exact) mass is 172 g/mol. The Morgan fingerprint density at radius 2 is 2.00 bits per heavy atom. The van der Waals surface area contributed by atoms with Crippen LogP contribution in [0, 0.1) is 0 Å². The minimum Gasteiger partial charge on any atom is -0.289 e. The molecule has 2 rings (SSSR count). The molecule has 0 fully saturated rings. The van der Waals surface area contributed by atoms with Gasteiger partial charge in [-0.2, -0.15) is 0 Å². The van der Waals surface area contributed by atoms with E-state index in [1.54, 1.807) is 0 Å². The molecule has 0 aliphatic heterocycles. The Morgan fingerprint density at radius 1 is 1.23 bits per heavy atom. The van der Waals surface area contributed by atoms with Crippen LogP contribution in [0.3, 0.4) is 0 Å². The Bertz CT molecular complexity index is 374. The number of hydrogen-bond donors (Lipinski definition) is 0. The molecule has 1 heteroatoms.